The van der Waals surface area contributed by atoms with Gasteiger partial charge in [0.05, 0.1) is 0 Å². The lowest BCUT2D eigenvalue weighted by Crippen LogP contribution is -2.27. The highest BCUT2D eigenvalue weighted by molar-refractivity contribution is 6.17. The van der Waals surface area contributed by atoms with Crippen LogP contribution < -0.4 is 5.32 Å². The van der Waals surface area contributed by atoms with Gasteiger partial charge < -0.3 is 10.1 Å². The number of alkyl halides is 1. The predicted molar refractivity (Wildman–Crippen MR) is 40.0 cm³/mol. The first-order chi connectivity index (χ1) is 4.66. The van der Waals surface area contributed by atoms with Gasteiger partial charge in [-0.15, -0.1) is 0 Å². The van der Waals surface area contributed by atoms with Crippen LogP contribution in [0, 0.1) is 5.92 Å². The highest BCUT2D eigenvalue weighted by Crippen LogP contribution is 1.88. The monoisotopic (exact) mass is 165 g/mol. The van der Waals surface area contributed by atoms with E-state index in [2.05, 4.69) is 10.1 Å². The van der Waals surface area contributed by atoms with Crippen LogP contribution in [-0.2, 0) is 4.74 Å². The van der Waals surface area contributed by atoms with Crippen molar-refractivity contribution < 1.29 is 9.53 Å². The Morgan fingerprint density at radius 2 is 2.30 bits per heavy atom. The molecule has 0 radical (unpaired) electrons. The molecule has 10 heavy (non-hydrogen) atoms. The fourth-order valence-corrected chi connectivity index (χ4v) is 0.487. The van der Waals surface area contributed by atoms with Crippen molar-refractivity contribution in [1.82, 2.24) is 5.32 Å². The molecule has 3 nitrogen and oxygen atoms in total. The Bertz CT molecular complexity index is 106. The molecule has 0 atom stereocenters. The fraction of sp³-hybridized carbons (Fsp3) is 0.833. The summed E-state index contributed by atoms with van der Waals surface area (Å²) >= 11 is 5.13. The van der Waals surface area contributed by atoms with E-state index in [1.54, 1.807) is 0 Å². The molecule has 0 unspecified atom stereocenters. The Labute approximate surface area is 65.7 Å². The zero-order valence-electron chi connectivity index (χ0n) is 6.19. The third-order valence-electron chi connectivity index (χ3n) is 0.840. The van der Waals surface area contributed by atoms with E-state index in [9.17, 15) is 4.79 Å². The molecule has 0 spiro atoms. The van der Waals surface area contributed by atoms with E-state index in [1.165, 1.54) is 0 Å². The lowest BCUT2D eigenvalue weighted by Gasteiger charge is -2.05. The summed E-state index contributed by atoms with van der Waals surface area (Å²) in [4.78, 5) is 10.5. The number of carbonyl (C=O) groups excluding carboxylic acids is 1. The van der Waals surface area contributed by atoms with E-state index in [4.69, 9.17) is 11.6 Å². The molecule has 0 aromatic carbocycles. The summed E-state index contributed by atoms with van der Waals surface area (Å²) in [5, 5.41) is 2.54. The Morgan fingerprint density at radius 1 is 1.70 bits per heavy atom. The topological polar surface area (TPSA) is 38.3 Å². The number of rotatable bonds is 3. The van der Waals surface area contributed by atoms with Crippen LogP contribution in [-0.4, -0.2) is 18.7 Å². The van der Waals surface area contributed by atoms with Crippen molar-refractivity contribution in [3.63, 3.8) is 0 Å². The maximum atomic E-state index is 10.5. The number of hydrogen-bond donors (Lipinski definition) is 1. The molecule has 0 aliphatic carbocycles. The van der Waals surface area contributed by atoms with E-state index in [1.807, 2.05) is 13.8 Å². The lowest BCUT2D eigenvalue weighted by atomic mass is 10.2. The number of carbonyl (C=O) groups is 1. The minimum atomic E-state index is -0.455. The van der Waals surface area contributed by atoms with Gasteiger partial charge in [-0.1, -0.05) is 25.4 Å². The van der Waals surface area contributed by atoms with Crippen LogP contribution in [0.4, 0.5) is 4.79 Å². The first-order valence-electron chi connectivity index (χ1n) is 3.13. The van der Waals surface area contributed by atoms with Gasteiger partial charge >= 0.3 is 6.09 Å². The maximum Gasteiger partial charge on any atom is 0.408 e. The molecule has 60 valence electrons. The summed E-state index contributed by atoms with van der Waals surface area (Å²) in [7, 11) is 0. The Balaban J connectivity index is 3.22. The smallest absolute Gasteiger partial charge is 0.408 e. The summed E-state index contributed by atoms with van der Waals surface area (Å²) in [6.07, 6.45) is -0.455. The number of halogens is 1. The van der Waals surface area contributed by atoms with Crippen LogP contribution in [0.25, 0.3) is 0 Å². The number of alkyl carbamates (subject to hydrolysis) is 1. The van der Waals surface area contributed by atoms with E-state index < -0.39 is 6.09 Å². The average Bonchev–Trinajstić information content (AvgIpc) is 1.85. The Kier molecular flexibility index (Phi) is 5.12. The van der Waals surface area contributed by atoms with E-state index in [0.717, 1.165) is 0 Å². The lowest BCUT2D eigenvalue weighted by molar-refractivity contribution is 0.163. The molecule has 1 amide bonds. The van der Waals surface area contributed by atoms with Crippen molar-refractivity contribution in [3.05, 3.63) is 0 Å². The quantitative estimate of drug-likeness (QED) is 0.645. The van der Waals surface area contributed by atoms with Crippen LogP contribution in [0.3, 0.4) is 0 Å². The van der Waals surface area contributed by atoms with E-state index >= 15 is 0 Å². The molecule has 0 bridgehead atoms. The zero-order chi connectivity index (χ0) is 7.98. The number of ether oxygens (including phenoxy) is 1. The second-order valence-corrected chi connectivity index (χ2v) is 2.53. The average molecular weight is 166 g/mol. The molecule has 0 fully saturated rings. The minimum absolute atomic E-state index is 0.0933. The van der Waals surface area contributed by atoms with Gasteiger partial charge in [-0.3, -0.25) is 0 Å². The third-order valence-corrected chi connectivity index (χ3v) is 0.949. The summed E-state index contributed by atoms with van der Waals surface area (Å²) in [5.74, 6) is 0.433. The molecule has 0 aliphatic heterocycles. The van der Waals surface area contributed by atoms with Crippen molar-refractivity contribution >= 4 is 17.7 Å². The predicted octanol–water partition coefficient (Wildman–Crippen LogP) is 1.56. The van der Waals surface area contributed by atoms with Gasteiger partial charge in [-0.25, -0.2) is 4.79 Å². The highest BCUT2D eigenvalue weighted by atomic mass is 35.5. The molecular weight excluding hydrogens is 154 g/mol. The molecule has 0 heterocycles. The molecule has 4 heteroatoms. The van der Waals surface area contributed by atoms with Gasteiger partial charge in [0.25, 0.3) is 0 Å². The zero-order valence-corrected chi connectivity index (χ0v) is 6.94. The summed E-state index contributed by atoms with van der Waals surface area (Å²) in [6.45, 7) is 4.62. The number of nitrogens with one attached hydrogen (secondary N) is 1. The maximum absolute atomic E-state index is 10.5. The van der Waals surface area contributed by atoms with Gasteiger partial charge in [-0.05, 0) is 5.92 Å². The largest absolute Gasteiger partial charge is 0.433 e. The van der Waals surface area contributed by atoms with Crippen LogP contribution in [0.2, 0.25) is 0 Å². The van der Waals surface area contributed by atoms with Crippen LogP contribution in [0.1, 0.15) is 13.8 Å². The van der Waals surface area contributed by atoms with Crippen LogP contribution in [0.15, 0.2) is 0 Å². The number of amides is 1. The Morgan fingerprint density at radius 3 is 2.70 bits per heavy atom. The van der Waals surface area contributed by atoms with E-state index in [0.29, 0.717) is 12.5 Å². The molecule has 0 saturated heterocycles. The standard InChI is InChI=1S/C6H12ClNO2/c1-5(2)3-8-6(9)10-4-7/h5H,3-4H2,1-2H3,(H,8,9). The van der Waals surface area contributed by atoms with Crippen molar-refractivity contribution in [1.29, 1.82) is 0 Å². The minimum Gasteiger partial charge on any atom is -0.433 e. The Hall–Kier alpha value is -0.440. The first-order valence-corrected chi connectivity index (χ1v) is 3.67. The van der Waals surface area contributed by atoms with Gasteiger partial charge in [0.2, 0.25) is 0 Å². The van der Waals surface area contributed by atoms with Gasteiger partial charge in [0.15, 0.2) is 6.07 Å². The van der Waals surface area contributed by atoms with Gasteiger partial charge in [-0.2, -0.15) is 0 Å². The molecule has 0 aromatic rings. The molecule has 1 N–H and O–H groups in total. The summed E-state index contributed by atoms with van der Waals surface area (Å²) in [6, 6.07) is -0.0933. The van der Waals surface area contributed by atoms with Gasteiger partial charge in [0, 0.05) is 6.54 Å². The van der Waals surface area contributed by atoms with Gasteiger partial charge in [0.1, 0.15) is 0 Å². The van der Waals surface area contributed by atoms with E-state index in [-0.39, 0.29) is 6.07 Å². The van der Waals surface area contributed by atoms with Crippen LogP contribution in [0.5, 0.6) is 0 Å². The van der Waals surface area contributed by atoms with Crippen molar-refractivity contribution in [2.45, 2.75) is 13.8 Å². The summed E-state index contributed by atoms with van der Waals surface area (Å²) in [5.41, 5.74) is 0. The fourth-order valence-electron chi connectivity index (χ4n) is 0.388. The second-order valence-electron chi connectivity index (χ2n) is 2.32. The first kappa shape index (κ1) is 9.56. The SMILES string of the molecule is CC(C)CNC(=O)OCCl. The molecule has 0 aliphatic rings. The van der Waals surface area contributed by atoms with Crippen molar-refractivity contribution in [3.8, 4) is 0 Å². The van der Waals surface area contributed by atoms with Crippen molar-refractivity contribution in [2.24, 2.45) is 5.92 Å². The number of hydrogen-bond acceptors (Lipinski definition) is 2. The third kappa shape index (κ3) is 5.69. The summed E-state index contributed by atoms with van der Waals surface area (Å²) < 4.78 is 4.41. The second kappa shape index (κ2) is 5.35. The normalized spacial score (nSPS) is 9.60. The molecule has 0 rings (SSSR count). The highest BCUT2D eigenvalue weighted by Gasteiger charge is 1.99. The molecular formula is C6H12ClNO2. The van der Waals surface area contributed by atoms with Crippen molar-refractivity contribution in [2.75, 3.05) is 12.6 Å². The molecule has 0 saturated carbocycles. The molecule has 0 aromatic heterocycles. The van der Waals surface area contributed by atoms with Crippen LogP contribution >= 0.6 is 11.6 Å².